The number of hydrogen-bond donors (Lipinski definition) is 1. The highest BCUT2D eigenvalue weighted by atomic mass is 35.5. The van der Waals surface area contributed by atoms with Crippen molar-refractivity contribution in [2.75, 3.05) is 11.1 Å². The van der Waals surface area contributed by atoms with Crippen molar-refractivity contribution < 1.29 is 9.53 Å². The molecule has 30 heavy (non-hydrogen) atoms. The van der Waals surface area contributed by atoms with Crippen LogP contribution < -0.4 is 10.1 Å². The largest absolute Gasteiger partial charge is 0.486 e. The van der Waals surface area contributed by atoms with Crippen LogP contribution in [-0.2, 0) is 17.9 Å². The number of rotatable bonds is 8. The van der Waals surface area contributed by atoms with E-state index in [0.29, 0.717) is 17.5 Å². The van der Waals surface area contributed by atoms with Gasteiger partial charge in [0.05, 0.1) is 5.75 Å². The first-order valence-corrected chi connectivity index (χ1v) is 11.0. The van der Waals surface area contributed by atoms with Gasteiger partial charge in [0.2, 0.25) is 5.91 Å². The Labute approximate surface area is 186 Å². The van der Waals surface area contributed by atoms with Crippen molar-refractivity contribution in [1.29, 1.82) is 0 Å². The van der Waals surface area contributed by atoms with E-state index in [0.717, 1.165) is 33.1 Å². The number of amides is 1. The fourth-order valence-electron chi connectivity index (χ4n) is 2.95. The molecule has 0 saturated heterocycles. The topological polar surface area (TPSA) is 69.0 Å². The Balaban J connectivity index is 1.59. The molecule has 0 fully saturated rings. The second-order valence-electron chi connectivity index (χ2n) is 7.01. The number of anilines is 1. The Kier molecular flexibility index (Phi) is 7.39. The van der Waals surface area contributed by atoms with Gasteiger partial charge in [-0.25, -0.2) is 0 Å². The standard InChI is InChI=1S/C22H25ClN4O2S/c1-5-27-19(12-29-18-10-15(3)21(23)16(4)11-18)25-26-22(27)30-13-20(28)24-17-8-6-14(2)7-9-17/h6-11H,5,12-13H2,1-4H3,(H,24,28). The summed E-state index contributed by atoms with van der Waals surface area (Å²) in [5.41, 5.74) is 3.88. The van der Waals surface area contributed by atoms with Crippen LogP contribution in [0.4, 0.5) is 5.69 Å². The first-order valence-electron chi connectivity index (χ1n) is 9.68. The molecule has 1 amide bonds. The van der Waals surface area contributed by atoms with Crippen LogP contribution >= 0.6 is 23.4 Å². The minimum atomic E-state index is -0.0839. The minimum Gasteiger partial charge on any atom is -0.486 e. The van der Waals surface area contributed by atoms with Gasteiger partial charge < -0.3 is 14.6 Å². The Morgan fingerprint density at radius 1 is 1.13 bits per heavy atom. The van der Waals surface area contributed by atoms with E-state index in [1.54, 1.807) is 0 Å². The van der Waals surface area contributed by atoms with E-state index in [2.05, 4.69) is 15.5 Å². The van der Waals surface area contributed by atoms with E-state index in [1.807, 2.05) is 68.7 Å². The maximum atomic E-state index is 12.3. The lowest BCUT2D eigenvalue weighted by atomic mass is 10.1. The summed E-state index contributed by atoms with van der Waals surface area (Å²) in [6.45, 7) is 8.90. The normalized spacial score (nSPS) is 10.8. The first-order chi connectivity index (χ1) is 14.4. The number of hydrogen-bond acceptors (Lipinski definition) is 5. The summed E-state index contributed by atoms with van der Waals surface area (Å²) in [5, 5.41) is 12.8. The van der Waals surface area contributed by atoms with Gasteiger partial charge in [0.25, 0.3) is 0 Å². The summed E-state index contributed by atoms with van der Waals surface area (Å²) in [7, 11) is 0. The lowest BCUT2D eigenvalue weighted by molar-refractivity contribution is -0.113. The maximum absolute atomic E-state index is 12.3. The molecule has 0 bridgehead atoms. The van der Waals surface area contributed by atoms with Gasteiger partial charge in [-0.3, -0.25) is 4.79 Å². The lowest BCUT2D eigenvalue weighted by Gasteiger charge is -2.11. The van der Waals surface area contributed by atoms with Gasteiger partial charge in [-0.1, -0.05) is 41.1 Å². The zero-order valence-corrected chi connectivity index (χ0v) is 19.1. The average Bonchev–Trinajstić information content (AvgIpc) is 3.12. The molecule has 0 saturated carbocycles. The van der Waals surface area contributed by atoms with Gasteiger partial charge in [0, 0.05) is 17.3 Å². The number of aromatic nitrogens is 3. The molecule has 6 nitrogen and oxygen atoms in total. The van der Waals surface area contributed by atoms with Crippen molar-refractivity contribution in [1.82, 2.24) is 14.8 Å². The summed E-state index contributed by atoms with van der Waals surface area (Å²) in [5.74, 6) is 1.62. The molecular weight excluding hydrogens is 420 g/mol. The van der Waals surface area contributed by atoms with Crippen molar-refractivity contribution >= 4 is 35.0 Å². The molecule has 0 radical (unpaired) electrons. The third-order valence-electron chi connectivity index (χ3n) is 4.56. The highest BCUT2D eigenvalue weighted by molar-refractivity contribution is 7.99. The maximum Gasteiger partial charge on any atom is 0.234 e. The third-order valence-corrected chi connectivity index (χ3v) is 6.12. The van der Waals surface area contributed by atoms with Crippen LogP contribution in [0.25, 0.3) is 0 Å². The lowest BCUT2D eigenvalue weighted by Crippen LogP contribution is -2.15. The number of thioether (sulfide) groups is 1. The predicted octanol–water partition coefficient (Wildman–Crippen LogP) is 5.19. The predicted molar refractivity (Wildman–Crippen MR) is 121 cm³/mol. The Bertz CT molecular complexity index is 1010. The number of nitrogens with zero attached hydrogens (tertiary/aromatic N) is 3. The Morgan fingerprint density at radius 2 is 1.80 bits per heavy atom. The van der Waals surface area contributed by atoms with Crippen molar-refractivity contribution in [2.24, 2.45) is 0 Å². The average molecular weight is 445 g/mol. The summed E-state index contributed by atoms with van der Waals surface area (Å²) in [4.78, 5) is 12.3. The van der Waals surface area contributed by atoms with Gasteiger partial charge in [-0.05, 0) is 63.1 Å². The van der Waals surface area contributed by atoms with E-state index in [-0.39, 0.29) is 18.3 Å². The molecule has 0 aliphatic rings. The van der Waals surface area contributed by atoms with Gasteiger partial charge in [-0.15, -0.1) is 10.2 Å². The van der Waals surface area contributed by atoms with Gasteiger partial charge >= 0.3 is 0 Å². The fraction of sp³-hybridized carbons (Fsp3) is 0.318. The van der Waals surface area contributed by atoms with Gasteiger partial charge in [0.15, 0.2) is 11.0 Å². The molecule has 0 unspecified atom stereocenters. The van der Waals surface area contributed by atoms with Crippen LogP contribution in [0, 0.1) is 20.8 Å². The van der Waals surface area contributed by atoms with Crippen molar-refractivity contribution in [2.45, 2.75) is 46.0 Å². The molecule has 0 aliphatic heterocycles. The number of benzene rings is 2. The quantitative estimate of drug-likeness (QED) is 0.484. The van der Waals surface area contributed by atoms with Gasteiger partial charge in [-0.2, -0.15) is 0 Å². The van der Waals surface area contributed by atoms with Crippen molar-refractivity contribution in [3.8, 4) is 5.75 Å². The van der Waals surface area contributed by atoms with Crippen molar-refractivity contribution in [3.05, 3.63) is 63.9 Å². The third kappa shape index (κ3) is 5.55. The van der Waals surface area contributed by atoms with Crippen LogP contribution in [0.5, 0.6) is 5.75 Å². The van der Waals surface area contributed by atoms with E-state index in [9.17, 15) is 4.79 Å². The summed E-state index contributed by atoms with van der Waals surface area (Å²) in [6, 6.07) is 11.5. The Hall–Kier alpha value is -2.51. The minimum absolute atomic E-state index is 0.0839. The molecule has 0 aliphatic carbocycles. The number of aryl methyl sites for hydroxylation is 3. The molecule has 158 valence electrons. The molecule has 1 heterocycles. The molecule has 3 aromatic rings. The summed E-state index contributed by atoms with van der Waals surface area (Å²) in [6.07, 6.45) is 0. The van der Waals surface area contributed by atoms with E-state index >= 15 is 0 Å². The second kappa shape index (κ2) is 10.00. The molecule has 0 atom stereocenters. The molecule has 2 aromatic carbocycles. The smallest absolute Gasteiger partial charge is 0.234 e. The number of halogens is 1. The number of nitrogens with one attached hydrogen (secondary N) is 1. The van der Waals surface area contributed by atoms with E-state index < -0.39 is 0 Å². The molecular formula is C22H25ClN4O2S. The summed E-state index contributed by atoms with van der Waals surface area (Å²) < 4.78 is 7.87. The van der Waals surface area contributed by atoms with Gasteiger partial charge in [0.1, 0.15) is 12.4 Å². The van der Waals surface area contributed by atoms with Crippen LogP contribution in [0.2, 0.25) is 5.02 Å². The first kappa shape index (κ1) is 22.2. The van der Waals surface area contributed by atoms with Crippen LogP contribution in [0.15, 0.2) is 41.6 Å². The second-order valence-corrected chi connectivity index (χ2v) is 8.33. The zero-order valence-electron chi connectivity index (χ0n) is 17.5. The van der Waals surface area contributed by atoms with Crippen LogP contribution in [-0.4, -0.2) is 26.4 Å². The number of carbonyl (C=O) groups is 1. The highest BCUT2D eigenvalue weighted by Crippen LogP contribution is 2.26. The van der Waals surface area contributed by atoms with Crippen LogP contribution in [0.3, 0.4) is 0 Å². The molecule has 1 aromatic heterocycles. The SMILES string of the molecule is CCn1c(COc2cc(C)c(Cl)c(C)c2)nnc1SCC(=O)Nc1ccc(C)cc1. The molecule has 0 spiro atoms. The molecule has 8 heteroatoms. The molecule has 3 rings (SSSR count). The van der Waals surface area contributed by atoms with E-state index in [1.165, 1.54) is 11.8 Å². The van der Waals surface area contributed by atoms with Crippen LogP contribution in [0.1, 0.15) is 29.4 Å². The fourth-order valence-corrected chi connectivity index (χ4v) is 3.88. The Morgan fingerprint density at radius 3 is 2.43 bits per heavy atom. The number of ether oxygens (including phenoxy) is 1. The highest BCUT2D eigenvalue weighted by Gasteiger charge is 2.14. The molecule has 1 N–H and O–H groups in total. The summed E-state index contributed by atoms with van der Waals surface area (Å²) >= 11 is 7.57. The number of carbonyl (C=O) groups excluding carboxylic acids is 1. The van der Waals surface area contributed by atoms with Crippen molar-refractivity contribution in [3.63, 3.8) is 0 Å². The van der Waals surface area contributed by atoms with E-state index in [4.69, 9.17) is 16.3 Å². The monoisotopic (exact) mass is 444 g/mol. The zero-order chi connectivity index (χ0) is 21.7.